The van der Waals surface area contributed by atoms with Gasteiger partial charge in [0.05, 0.1) is 0 Å². The lowest BCUT2D eigenvalue weighted by atomic mass is 9.85. The van der Waals surface area contributed by atoms with Gasteiger partial charge in [0.2, 0.25) is 0 Å². The zero-order chi connectivity index (χ0) is 12.2. The van der Waals surface area contributed by atoms with Gasteiger partial charge in [0, 0.05) is 0 Å². The van der Waals surface area contributed by atoms with E-state index < -0.39 is 0 Å². The highest BCUT2D eigenvalue weighted by Crippen LogP contribution is 2.29. The van der Waals surface area contributed by atoms with Crippen LogP contribution in [0.1, 0.15) is 44.1 Å². The Bertz CT molecular complexity index is 501. The van der Waals surface area contributed by atoms with E-state index in [1.165, 1.54) is 55.7 Å². The molecule has 0 heterocycles. The second-order valence-electron chi connectivity index (χ2n) is 5.68. The van der Waals surface area contributed by atoms with Crippen LogP contribution in [-0.2, 0) is 6.42 Å². The maximum Gasteiger partial charge on any atom is -0.0152 e. The van der Waals surface area contributed by atoms with E-state index in [0.29, 0.717) is 0 Å². The molecular weight excluding hydrogens is 216 g/mol. The Morgan fingerprint density at radius 1 is 0.833 bits per heavy atom. The van der Waals surface area contributed by atoms with Gasteiger partial charge in [-0.2, -0.15) is 0 Å². The first-order valence-electron chi connectivity index (χ1n) is 7.40. The standard InChI is InChI=1S/C18H22/c1-2-7-15(8-3-1)13-14-17-11-6-10-16-9-4-5-12-18(16)17/h4-6,9-12,15H,1-3,7-8,13-14H2. The number of fused-ring (bicyclic) bond motifs is 1. The van der Waals surface area contributed by atoms with Crippen molar-refractivity contribution in [3.05, 3.63) is 48.0 Å². The van der Waals surface area contributed by atoms with Gasteiger partial charge >= 0.3 is 0 Å². The summed E-state index contributed by atoms with van der Waals surface area (Å²) in [7, 11) is 0. The Balaban J connectivity index is 1.74. The van der Waals surface area contributed by atoms with Crippen LogP contribution >= 0.6 is 0 Å². The minimum Gasteiger partial charge on any atom is -0.0616 e. The molecule has 2 aromatic carbocycles. The van der Waals surface area contributed by atoms with Crippen LogP contribution in [0.5, 0.6) is 0 Å². The normalized spacial score (nSPS) is 17.1. The smallest absolute Gasteiger partial charge is 0.0152 e. The second-order valence-corrected chi connectivity index (χ2v) is 5.68. The molecule has 2 aromatic rings. The number of aryl methyl sites for hydroxylation is 1. The van der Waals surface area contributed by atoms with Crippen molar-refractivity contribution < 1.29 is 0 Å². The minimum atomic E-state index is 0.984. The predicted molar refractivity (Wildman–Crippen MR) is 78.8 cm³/mol. The summed E-state index contributed by atoms with van der Waals surface area (Å²) in [6.45, 7) is 0. The molecule has 0 saturated heterocycles. The molecule has 0 radical (unpaired) electrons. The summed E-state index contributed by atoms with van der Waals surface area (Å²) < 4.78 is 0. The molecule has 18 heavy (non-hydrogen) atoms. The summed E-state index contributed by atoms with van der Waals surface area (Å²) >= 11 is 0. The maximum atomic E-state index is 2.31. The third-order valence-corrected chi connectivity index (χ3v) is 4.43. The van der Waals surface area contributed by atoms with Crippen molar-refractivity contribution in [3.63, 3.8) is 0 Å². The summed E-state index contributed by atoms with van der Waals surface area (Å²) in [6.07, 6.45) is 9.95. The van der Waals surface area contributed by atoms with Gasteiger partial charge < -0.3 is 0 Å². The van der Waals surface area contributed by atoms with Gasteiger partial charge in [0.15, 0.2) is 0 Å². The van der Waals surface area contributed by atoms with Crippen LogP contribution < -0.4 is 0 Å². The van der Waals surface area contributed by atoms with Gasteiger partial charge in [-0.05, 0) is 35.1 Å². The molecule has 0 bridgehead atoms. The third kappa shape index (κ3) is 2.58. The fraction of sp³-hybridized carbons (Fsp3) is 0.444. The fourth-order valence-electron chi connectivity index (χ4n) is 3.35. The molecular formula is C18H22. The van der Waals surface area contributed by atoms with Crippen molar-refractivity contribution in [3.8, 4) is 0 Å². The molecule has 94 valence electrons. The van der Waals surface area contributed by atoms with Gasteiger partial charge in [-0.15, -0.1) is 0 Å². The van der Waals surface area contributed by atoms with Gasteiger partial charge in [-0.1, -0.05) is 74.6 Å². The van der Waals surface area contributed by atoms with Crippen LogP contribution in [0.2, 0.25) is 0 Å². The largest absolute Gasteiger partial charge is 0.0616 e. The van der Waals surface area contributed by atoms with Gasteiger partial charge in [0.25, 0.3) is 0 Å². The van der Waals surface area contributed by atoms with E-state index in [9.17, 15) is 0 Å². The molecule has 3 rings (SSSR count). The van der Waals surface area contributed by atoms with Crippen LogP contribution in [0.3, 0.4) is 0 Å². The first-order chi connectivity index (χ1) is 8.93. The van der Waals surface area contributed by atoms with Crippen LogP contribution in [0.25, 0.3) is 10.8 Å². The van der Waals surface area contributed by atoms with Crippen LogP contribution in [0.4, 0.5) is 0 Å². The Kier molecular flexibility index (Phi) is 3.64. The molecule has 0 atom stereocenters. The predicted octanol–water partition coefficient (Wildman–Crippen LogP) is 5.35. The lowest BCUT2D eigenvalue weighted by molar-refractivity contribution is 0.339. The highest BCUT2D eigenvalue weighted by atomic mass is 14.2. The molecule has 1 aliphatic carbocycles. The Labute approximate surface area is 110 Å². The molecule has 1 fully saturated rings. The lowest BCUT2D eigenvalue weighted by Crippen LogP contribution is -2.07. The zero-order valence-electron chi connectivity index (χ0n) is 11.1. The van der Waals surface area contributed by atoms with Crippen molar-refractivity contribution in [2.45, 2.75) is 44.9 Å². The summed E-state index contributed by atoms with van der Waals surface area (Å²) in [5.41, 5.74) is 1.54. The molecule has 0 amide bonds. The number of benzene rings is 2. The first kappa shape index (κ1) is 11.8. The van der Waals surface area contributed by atoms with E-state index in [2.05, 4.69) is 42.5 Å². The monoisotopic (exact) mass is 238 g/mol. The van der Waals surface area contributed by atoms with Gasteiger partial charge in [-0.25, -0.2) is 0 Å². The van der Waals surface area contributed by atoms with Crippen molar-refractivity contribution in [1.29, 1.82) is 0 Å². The lowest BCUT2D eigenvalue weighted by Gasteiger charge is -2.21. The highest BCUT2D eigenvalue weighted by Gasteiger charge is 2.13. The SMILES string of the molecule is c1ccc2c(CCC3CCCCC3)cccc2c1. The van der Waals surface area contributed by atoms with Gasteiger partial charge in [0.1, 0.15) is 0 Å². The van der Waals surface area contributed by atoms with Crippen molar-refractivity contribution in [1.82, 2.24) is 0 Å². The molecule has 0 spiro atoms. The van der Waals surface area contributed by atoms with Crippen molar-refractivity contribution in [2.75, 3.05) is 0 Å². The van der Waals surface area contributed by atoms with Crippen molar-refractivity contribution >= 4 is 10.8 Å². The fourth-order valence-corrected chi connectivity index (χ4v) is 3.35. The van der Waals surface area contributed by atoms with Crippen LogP contribution in [0, 0.1) is 5.92 Å². The van der Waals surface area contributed by atoms with Crippen LogP contribution in [-0.4, -0.2) is 0 Å². The summed E-state index contributed by atoms with van der Waals surface area (Å²) in [6, 6.07) is 15.5. The molecule has 0 aliphatic heterocycles. The van der Waals surface area contributed by atoms with E-state index >= 15 is 0 Å². The van der Waals surface area contributed by atoms with E-state index in [4.69, 9.17) is 0 Å². The maximum absolute atomic E-state index is 2.31. The van der Waals surface area contributed by atoms with Crippen LogP contribution in [0.15, 0.2) is 42.5 Å². The zero-order valence-corrected chi connectivity index (χ0v) is 11.1. The van der Waals surface area contributed by atoms with E-state index in [0.717, 1.165) is 5.92 Å². The van der Waals surface area contributed by atoms with Crippen molar-refractivity contribution in [2.24, 2.45) is 5.92 Å². The average molecular weight is 238 g/mol. The molecule has 0 N–H and O–H groups in total. The van der Waals surface area contributed by atoms with E-state index in [1.807, 2.05) is 0 Å². The third-order valence-electron chi connectivity index (χ3n) is 4.43. The second kappa shape index (κ2) is 5.56. The number of hydrogen-bond acceptors (Lipinski definition) is 0. The molecule has 0 nitrogen and oxygen atoms in total. The Morgan fingerprint density at radius 2 is 1.61 bits per heavy atom. The van der Waals surface area contributed by atoms with Gasteiger partial charge in [-0.3, -0.25) is 0 Å². The number of rotatable bonds is 3. The topological polar surface area (TPSA) is 0 Å². The van der Waals surface area contributed by atoms with E-state index in [-0.39, 0.29) is 0 Å². The summed E-state index contributed by atoms with van der Waals surface area (Å²) in [5.74, 6) is 0.984. The molecule has 0 unspecified atom stereocenters. The number of hydrogen-bond donors (Lipinski definition) is 0. The average Bonchev–Trinajstić information content (AvgIpc) is 2.46. The quantitative estimate of drug-likeness (QED) is 0.676. The summed E-state index contributed by atoms with van der Waals surface area (Å²) in [4.78, 5) is 0. The highest BCUT2D eigenvalue weighted by molar-refractivity contribution is 5.85. The molecule has 0 aromatic heterocycles. The first-order valence-corrected chi connectivity index (χ1v) is 7.40. The minimum absolute atomic E-state index is 0.984. The van der Waals surface area contributed by atoms with E-state index in [1.54, 1.807) is 5.56 Å². The molecule has 1 aliphatic rings. The summed E-state index contributed by atoms with van der Waals surface area (Å²) in [5, 5.41) is 2.84. The molecule has 0 heteroatoms. The Hall–Kier alpha value is -1.30. The molecule has 1 saturated carbocycles. The Morgan fingerprint density at radius 3 is 2.50 bits per heavy atom.